The molecule has 44 heavy (non-hydrogen) atoms. The lowest BCUT2D eigenvalue weighted by Crippen LogP contribution is -2.35. The third kappa shape index (κ3) is 23.3. The van der Waals surface area contributed by atoms with Gasteiger partial charge in [-0.1, -0.05) is 194 Å². The summed E-state index contributed by atoms with van der Waals surface area (Å²) in [5.41, 5.74) is 0. The van der Waals surface area contributed by atoms with Gasteiger partial charge in [0.2, 0.25) is 0 Å². The minimum atomic E-state index is -0.248. The van der Waals surface area contributed by atoms with Gasteiger partial charge in [-0.3, -0.25) is 0 Å². The van der Waals surface area contributed by atoms with E-state index in [-0.39, 0.29) is 12.0 Å². The molecule has 0 aromatic rings. The number of esters is 1. The van der Waals surface area contributed by atoms with E-state index >= 15 is 0 Å². The van der Waals surface area contributed by atoms with E-state index in [0.29, 0.717) is 13.2 Å². The summed E-state index contributed by atoms with van der Waals surface area (Å²) >= 11 is 0. The summed E-state index contributed by atoms with van der Waals surface area (Å²) in [6, 6.07) is -0.248. The molecule has 0 spiro atoms. The van der Waals surface area contributed by atoms with Crippen LogP contribution in [0.1, 0.15) is 220 Å². The summed E-state index contributed by atoms with van der Waals surface area (Å²) < 4.78 is 13.8. The molecule has 0 bridgehead atoms. The van der Waals surface area contributed by atoms with Crippen molar-refractivity contribution in [3.05, 3.63) is 0 Å². The first kappa shape index (κ1) is 41.0. The molecule has 0 aliphatic carbocycles. The molecule has 260 valence electrons. The van der Waals surface area contributed by atoms with Crippen LogP contribution >= 0.6 is 0 Å². The number of nitrogens with zero attached hydrogens (tertiary/aromatic N) is 1. The first-order valence-electron chi connectivity index (χ1n) is 20.2. The maximum Gasteiger partial charge on any atom is 0.379 e. The molecule has 0 saturated heterocycles. The second kappa shape index (κ2) is 31.9. The third-order valence-electron chi connectivity index (χ3n) is 9.70. The summed E-state index contributed by atoms with van der Waals surface area (Å²) in [6.07, 6.45) is 41.9. The van der Waals surface area contributed by atoms with Crippen LogP contribution in [0, 0.1) is 0 Å². The SMILES string of the molecule is CCCCCCCCCCCCCCCCCOC(=O)C1COC(CCCCCCCCCCCCCCCCC)=[N+]1CC. The fourth-order valence-corrected chi connectivity index (χ4v) is 6.72. The number of likely N-dealkylation sites (N-methyl/N-ethyl adjacent to an activating group) is 1. The Labute approximate surface area is 275 Å². The Bertz CT molecular complexity index is 661. The van der Waals surface area contributed by atoms with E-state index in [1.807, 2.05) is 0 Å². The fourth-order valence-electron chi connectivity index (χ4n) is 6.72. The van der Waals surface area contributed by atoms with Crippen LogP contribution in [0.3, 0.4) is 0 Å². The molecule has 0 aromatic carbocycles. The van der Waals surface area contributed by atoms with Gasteiger partial charge in [-0.15, -0.1) is 0 Å². The first-order valence-corrected chi connectivity index (χ1v) is 20.2. The van der Waals surface area contributed by atoms with Crippen molar-refractivity contribution in [3.63, 3.8) is 0 Å². The van der Waals surface area contributed by atoms with E-state index in [0.717, 1.165) is 31.7 Å². The van der Waals surface area contributed by atoms with Gasteiger partial charge >= 0.3 is 11.9 Å². The Balaban J connectivity index is 1.96. The van der Waals surface area contributed by atoms with Crippen molar-refractivity contribution in [1.82, 2.24) is 0 Å². The van der Waals surface area contributed by atoms with Gasteiger partial charge < -0.3 is 9.47 Å². The maximum atomic E-state index is 12.8. The molecule has 0 N–H and O–H groups in total. The van der Waals surface area contributed by atoms with Crippen molar-refractivity contribution in [1.29, 1.82) is 0 Å². The Hall–Kier alpha value is -1.06. The minimum Gasteiger partial charge on any atom is -0.461 e. The Morgan fingerprint density at radius 1 is 0.545 bits per heavy atom. The lowest BCUT2D eigenvalue weighted by molar-refractivity contribution is -0.542. The molecule has 1 aliphatic heterocycles. The molecule has 1 heterocycles. The molecule has 1 atom stereocenters. The van der Waals surface area contributed by atoms with E-state index < -0.39 is 0 Å². The minimum absolute atomic E-state index is 0.0938. The van der Waals surface area contributed by atoms with Crippen LogP contribution in [-0.4, -0.2) is 42.2 Å². The molecule has 0 radical (unpaired) electrons. The number of hydrogen-bond donors (Lipinski definition) is 0. The van der Waals surface area contributed by atoms with E-state index in [2.05, 4.69) is 25.3 Å². The van der Waals surface area contributed by atoms with Gasteiger partial charge in [0.1, 0.15) is 6.54 Å². The number of carbonyl (C=O) groups is 1. The van der Waals surface area contributed by atoms with Crippen LogP contribution < -0.4 is 0 Å². The Kier molecular flexibility index (Phi) is 29.7. The van der Waals surface area contributed by atoms with Gasteiger partial charge in [0.05, 0.1) is 13.0 Å². The normalized spacial score (nSPS) is 14.8. The van der Waals surface area contributed by atoms with Crippen LogP contribution in [0.4, 0.5) is 0 Å². The number of rotatable bonds is 34. The van der Waals surface area contributed by atoms with Gasteiger partial charge in [0.25, 0.3) is 6.04 Å². The molecule has 1 unspecified atom stereocenters. The van der Waals surface area contributed by atoms with E-state index in [1.54, 1.807) is 0 Å². The van der Waals surface area contributed by atoms with Crippen molar-refractivity contribution >= 4 is 11.9 Å². The van der Waals surface area contributed by atoms with Crippen LogP contribution in [0.2, 0.25) is 0 Å². The highest BCUT2D eigenvalue weighted by atomic mass is 16.5. The Morgan fingerprint density at radius 2 is 0.886 bits per heavy atom. The van der Waals surface area contributed by atoms with Crippen LogP contribution in [-0.2, 0) is 14.3 Å². The second-order valence-corrected chi connectivity index (χ2v) is 13.8. The summed E-state index contributed by atoms with van der Waals surface area (Å²) in [4.78, 5) is 12.8. The average molecular weight is 621 g/mol. The molecule has 0 amide bonds. The van der Waals surface area contributed by atoms with E-state index in [9.17, 15) is 4.79 Å². The standard InChI is InChI=1S/C40H78NO3/c1-4-7-9-11-13-15-17-19-21-23-25-27-29-31-33-35-39-41(6-3)38(37-44-39)40(42)43-36-34-32-30-28-26-24-22-20-18-16-14-12-10-8-5-2/h38H,4-37H2,1-3H3/q+1. The van der Waals surface area contributed by atoms with Crippen molar-refractivity contribution in [2.24, 2.45) is 0 Å². The zero-order valence-electron chi connectivity index (χ0n) is 30.3. The zero-order chi connectivity index (χ0) is 31.8. The van der Waals surface area contributed by atoms with Crippen molar-refractivity contribution in [2.45, 2.75) is 226 Å². The highest BCUT2D eigenvalue weighted by molar-refractivity contribution is 5.80. The molecule has 1 rings (SSSR count). The van der Waals surface area contributed by atoms with Gasteiger partial charge in [-0.05, 0) is 19.8 Å². The molecule has 1 aliphatic rings. The lowest BCUT2D eigenvalue weighted by Gasteiger charge is -2.08. The largest absolute Gasteiger partial charge is 0.461 e. The fraction of sp³-hybridized carbons (Fsp3) is 0.950. The predicted molar refractivity (Wildman–Crippen MR) is 191 cm³/mol. The second-order valence-electron chi connectivity index (χ2n) is 13.8. The topological polar surface area (TPSA) is 38.5 Å². The van der Waals surface area contributed by atoms with E-state index in [1.165, 1.54) is 180 Å². The smallest absolute Gasteiger partial charge is 0.379 e. The van der Waals surface area contributed by atoms with Crippen molar-refractivity contribution in [2.75, 3.05) is 19.8 Å². The molecular formula is C40H78NO3+. The highest BCUT2D eigenvalue weighted by Gasteiger charge is 2.40. The quantitative estimate of drug-likeness (QED) is 0.0408. The summed E-state index contributed by atoms with van der Waals surface area (Å²) in [7, 11) is 0. The lowest BCUT2D eigenvalue weighted by atomic mass is 10.0. The predicted octanol–water partition coefficient (Wildman–Crippen LogP) is 12.5. The first-order chi connectivity index (χ1) is 21.7. The monoisotopic (exact) mass is 621 g/mol. The van der Waals surface area contributed by atoms with Gasteiger partial charge in [-0.2, -0.15) is 4.58 Å². The summed E-state index contributed by atoms with van der Waals surface area (Å²) in [6.45, 7) is 8.53. The molecule has 0 aromatic heterocycles. The van der Waals surface area contributed by atoms with Gasteiger partial charge in [-0.25, -0.2) is 4.79 Å². The summed E-state index contributed by atoms with van der Waals surface area (Å²) in [5.74, 6) is 0.917. The number of hydrogen-bond acceptors (Lipinski definition) is 3. The van der Waals surface area contributed by atoms with E-state index in [4.69, 9.17) is 9.47 Å². The molecule has 0 fully saturated rings. The van der Waals surface area contributed by atoms with Crippen LogP contribution in [0.25, 0.3) is 0 Å². The molecule has 4 nitrogen and oxygen atoms in total. The zero-order valence-corrected chi connectivity index (χ0v) is 30.3. The van der Waals surface area contributed by atoms with Crippen molar-refractivity contribution in [3.8, 4) is 0 Å². The molecular weight excluding hydrogens is 542 g/mol. The Morgan fingerprint density at radius 3 is 1.25 bits per heavy atom. The average Bonchev–Trinajstić information content (AvgIpc) is 3.45. The maximum absolute atomic E-state index is 12.8. The highest BCUT2D eigenvalue weighted by Crippen LogP contribution is 2.17. The number of carbonyl (C=O) groups excluding carboxylic acids is 1. The summed E-state index contributed by atoms with van der Waals surface area (Å²) in [5, 5.41) is 0. The van der Waals surface area contributed by atoms with Gasteiger partial charge in [0.15, 0.2) is 6.61 Å². The van der Waals surface area contributed by atoms with Gasteiger partial charge in [0, 0.05) is 0 Å². The molecule has 4 heteroatoms. The van der Waals surface area contributed by atoms with Crippen LogP contribution in [0.15, 0.2) is 0 Å². The third-order valence-corrected chi connectivity index (χ3v) is 9.70. The van der Waals surface area contributed by atoms with Crippen LogP contribution in [0.5, 0.6) is 0 Å². The number of ether oxygens (including phenoxy) is 2. The van der Waals surface area contributed by atoms with Crippen molar-refractivity contribution < 1.29 is 18.8 Å². The molecule has 0 saturated carbocycles. The number of unbranched alkanes of at least 4 members (excludes halogenated alkanes) is 28.